The van der Waals surface area contributed by atoms with E-state index in [1.165, 1.54) is 0 Å². The fraction of sp³-hybridized carbons (Fsp3) is 0.333. The van der Waals surface area contributed by atoms with Gasteiger partial charge in [-0.15, -0.1) is 0 Å². The van der Waals surface area contributed by atoms with E-state index < -0.39 is 0 Å². The van der Waals surface area contributed by atoms with E-state index in [0.717, 1.165) is 18.5 Å². The van der Waals surface area contributed by atoms with Crippen molar-refractivity contribution in [3.05, 3.63) is 77.4 Å². The normalized spacial score (nSPS) is 15.9. The number of carbonyl (C=O) groups is 2. The smallest absolute Gasteiger partial charge is 0.289 e. The van der Waals surface area contributed by atoms with Crippen LogP contribution in [0.4, 0.5) is 0 Å². The molecule has 1 fully saturated rings. The number of aromatic nitrogens is 2. The summed E-state index contributed by atoms with van der Waals surface area (Å²) < 4.78 is 10.5. The lowest BCUT2D eigenvalue weighted by atomic mass is 9.94. The summed E-state index contributed by atoms with van der Waals surface area (Å²) in [5.74, 6) is 0.512. The molecule has 0 spiro atoms. The molecule has 166 valence electrons. The van der Waals surface area contributed by atoms with Gasteiger partial charge in [0.25, 0.3) is 11.8 Å². The van der Waals surface area contributed by atoms with Crippen molar-refractivity contribution < 1.29 is 18.8 Å². The number of nitrogens with one attached hydrogen (secondary N) is 1. The molecule has 1 aromatic carbocycles. The zero-order valence-corrected chi connectivity index (χ0v) is 18.0. The van der Waals surface area contributed by atoms with Crippen molar-refractivity contribution in [1.82, 2.24) is 20.4 Å². The van der Waals surface area contributed by atoms with Crippen LogP contribution in [0.1, 0.15) is 51.1 Å². The lowest BCUT2D eigenvalue weighted by Crippen LogP contribution is -2.39. The van der Waals surface area contributed by atoms with E-state index >= 15 is 0 Å². The molecular formula is C24H26N4O4. The highest BCUT2D eigenvalue weighted by atomic mass is 16.5. The van der Waals surface area contributed by atoms with Crippen LogP contribution >= 0.6 is 0 Å². The van der Waals surface area contributed by atoms with Crippen LogP contribution in [-0.2, 0) is 6.42 Å². The lowest BCUT2D eigenvalue weighted by Gasteiger charge is -2.31. The van der Waals surface area contributed by atoms with Crippen molar-refractivity contribution in [1.29, 1.82) is 0 Å². The first-order valence-electron chi connectivity index (χ1n) is 10.7. The van der Waals surface area contributed by atoms with Gasteiger partial charge in [-0.1, -0.05) is 17.3 Å². The van der Waals surface area contributed by atoms with E-state index in [4.69, 9.17) is 9.26 Å². The van der Waals surface area contributed by atoms with Gasteiger partial charge in [0.1, 0.15) is 5.75 Å². The predicted octanol–water partition coefficient (Wildman–Crippen LogP) is 3.07. The molecule has 1 saturated heterocycles. The molecule has 2 aromatic heterocycles. The Hall–Kier alpha value is -3.68. The van der Waals surface area contributed by atoms with Gasteiger partial charge in [-0.25, -0.2) is 0 Å². The van der Waals surface area contributed by atoms with Gasteiger partial charge in [-0.05, 0) is 43.2 Å². The lowest BCUT2D eigenvalue weighted by molar-refractivity contribution is 0.0704. The molecule has 2 amide bonds. The molecule has 1 N–H and O–H groups in total. The maximum absolute atomic E-state index is 13.0. The van der Waals surface area contributed by atoms with Gasteiger partial charge in [0, 0.05) is 55.5 Å². The van der Waals surface area contributed by atoms with E-state index in [1.54, 1.807) is 31.5 Å². The van der Waals surface area contributed by atoms with Crippen molar-refractivity contribution in [3.8, 4) is 5.75 Å². The number of hydrogen-bond acceptors (Lipinski definition) is 6. The van der Waals surface area contributed by atoms with E-state index in [1.807, 2.05) is 35.2 Å². The maximum Gasteiger partial charge on any atom is 0.289 e. The Balaban J connectivity index is 1.34. The molecule has 8 heteroatoms. The fourth-order valence-corrected chi connectivity index (χ4v) is 3.87. The van der Waals surface area contributed by atoms with Crippen LogP contribution in [0.25, 0.3) is 0 Å². The summed E-state index contributed by atoms with van der Waals surface area (Å²) in [6.45, 7) is 1.67. The molecule has 8 nitrogen and oxygen atoms in total. The van der Waals surface area contributed by atoms with E-state index in [2.05, 4.69) is 15.5 Å². The number of nitrogens with zero attached hydrogens (tertiary/aromatic N) is 3. The van der Waals surface area contributed by atoms with Gasteiger partial charge in [0.15, 0.2) is 0 Å². The Morgan fingerprint density at radius 1 is 1.22 bits per heavy atom. The third kappa shape index (κ3) is 5.14. The van der Waals surface area contributed by atoms with Crippen molar-refractivity contribution in [2.24, 2.45) is 0 Å². The Bertz CT molecular complexity index is 1070. The average Bonchev–Trinajstić information content (AvgIpc) is 3.35. The topological polar surface area (TPSA) is 97.6 Å². The zero-order chi connectivity index (χ0) is 22.3. The number of rotatable bonds is 7. The Kier molecular flexibility index (Phi) is 6.79. The molecule has 0 saturated carbocycles. The summed E-state index contributed by atoms with van der Waals surface area (Å²) in [6.07, 6.45) is 4.11. The molecule has 0 bridgehead atoms. The van der Waals surface area contributed by atoms with Crippen LogP contribution in [0, 0.1) is 0 Å². The first-order chi connectivity index (χ1) is 15.6. The molecule has 4 rings (SSSR count). The second kappa shape index (κ2) is 10.1. The first-order valence-corrected chi connectivity index (χ1v) is 10.7. The minimum absolute atomic E-state index is 0.0251. The summed E-state index contributed by atoms with van der Waals surface area (Å²) in [5, 5.41) is 6.95. The maximum atomic E-state index is 13.0. The number of likely N-dealkylation sites (tertiary alicyclic amines) is 1. The molecule has 3 aromatic rings. The zero-order valence-electron chi connectivity index (χ0n) is 18.0. The van der Waals surface area contributed by atoms with Crippen molar-refractivity contribution in [3.63, 3.8) is 0 Å². The summed E-state index contributed by atoms with van der Waals surface area (Å²) in [7, 11) is 1.58. The number of amides is 2. The number of hydrogen-bond donors (Lipinski definition) is 1. The van der Waals surface area contributed by atoms with Crippen molar-refractivity contribution in [2.75, 3.05) is 26.7 Å². The summed E-state index contributed by atoms with van der Waals surface area (Å²) in [4.78, 5) is 31.4. The Morgan fingerprint density at radius 3 is 2.94 bits per heavy atom. The number of carbonyl (C=O) groups excluding carboxylic acids is 2. The predicted molar refractivity (Wildman–Crippen MR) is 118 cm³/mol. The van der Waals surface area contributed by atoms with Crippen LogP contribution < -0.4 is 10.1 Å². The molecule has 1 unspecified atom stereocenters. The van der Waals surface area contributed by atoms with Crippen LogP contribution in [0.5, 0.6) is 5.75 Å². The fourth-order valence-electron chi connectivity index (χ4n) is 3.87. The third-order valence-electron chi connectivity index (χ3n) is 5.59. The molecular weight excluding hydrogens is 408 g/mol. The van der Waals surface area contributed by atoms with Crippen LogP contribution in [0.15, 0.2) is 59.3 Å². The number of piperidine rings is 1. The molecule has 1 atom stereocenters. The van der Waals surface area contributed by atoms with Gasteiger partial charge in [-0.2, -0.15) is 0 Å². The standard InChI is InChI=1S/C24H26N4O4/c1-31-20-9-4-6-17(14-20)24(30)28-13-5-7-18(16-28)21-15-22(32-27-21)23(29)26-12-10-19-8-2-3-11-25-19/h2-4,6,8-9,11,14-15,18H,5,7,10,12-13,16H2,1H3,(H,26,29). The quantitative estimate of drug-likeness (QED) is 0.614. The van der Waals surface area contributed by atoms with Gasteiger partial charge in [0.2, 0.25) is 5.76 Å². The van der Waals surface area contributed by atoms with Crippen molar-refractivity contribution in [2.45, 2.75) is 25.2 Å². The van der Waals surface area contributed by atoms with E-state index in [-0.39, 0.29) is 23.5 Å². The minimum atomic E-state index is -0.306. The number of ether oxygens (including phenoxy) is 1. The summed E-state index contributed by atoms with van der Waals surface area (Å²) in [5.41, 5.74) is 2.20. The van der Waals surface area contributed by atoms with Crippen molar-refractivity contribution >= 4 is 11.8 Å². The highest BCUT2D eigenvalue weighted by Gasteiger charge is 2.28. The Labute approximate surface area is 186 Å². The highest BCUT2D eigenvalue weighted by Crippen LogP contribution is 2.28. The SMILES string of the molecule is COc1cccc(C(=O)N2CCCC(c3cc(C(=O)NCCc4ccccn4)on3)C2)c1. The average molecular weight is 434 g/mol. The first kappa shape index (κ1) is 21.5. The van der Waals surface area contributed by atoms with Gasteiger partial charge >= 0.3 is 0 Å². The number of methoxy groups -OCH3 is 1. The molecule has 1 aliphatic heterocycles. The van der Waals surface area contributed by atoms with Crippen LogP contribution in [0.2, 0.25) is 0 Å². The molecule has 32 heavy (non-hydrogen) atoms. The third-order valence-corrected chi connectivity index (χ3v) is 5.59. The number of benzene rings is 1. The largest absolute Gasteiger partial charge is 0.497 e. The second-order valence-electron chi connectivity index (χ2n) is 7.77. The molecule has 0 aliphatic carbocycles. The van der Waals surface area contributed by atoms with Gasteiger partial charge in [-0.3, -0.25) is 14.6 Å². The molecule has 3 heterocycles. The van der Waals surface area contributed by atoms with Gasteiger partial charge < -0.3 is 19.5 Å². The highest BCUT2D eigenvalue weighted by molar-refractivity contribution is 5.94. The Morgan fingerprint density at radius 2 is 2.12 bits per heavy atom. The monoisotopic (exact) mass is 434 g/mol. The van der Waals surface area contributed by atoms with E-state index in [9.17, 15) is 9.59 Å². The van der Waals surface area contributed by atoms with Crippen LogP contribution in [-0.4, -0.2) is 53.6 Å². The van der Waals surface area contributed by atoms with Gasteiger partial charge in [0.05, 0.1) is 12.8 Å². The minimum Gasteiger partial charge on any atom is -0.497 e. The second-order valence-corrected chi connectivity index (χ2v) is 7.77. The molecule has 0 radical (unpaired) electrons. The van der Waals surface area contributed by atoms with E-state index in [0.29, 0.717) is 43.1 Å². The summed E-state index contributed by atoms with van der Waals surface area (Å²) >= 11 is 0. The van der Waals surface area contributed by atoms with Crippen LogP contribution in [0.3, 0.4) is 0 Å². The summed E-state index contributed by atoms with van der Waals surface area (Å²) in [6, 6.07) is 14.5. The number of pyridine rings is 1. The molecule has 1 aliphatic rings.